The lowest BCUT2D eigenvalue weighted by Gasteiger charge is -2.20. The molecule has 0 N–H and O–H groups in total. The maximum absolute atomic E-state index is 12.6. The number of hydrogen-bond acceptors (Lipinski definition) is 2. The molecule has 1 aromatic carbocycles. The minimum absolute atomic E-state index is 0.166. The van der Waals surface area contributed by atoms with Gasteiger partial charge in [0.25, 0.3) is 0 Å². The third-order valence-corrected chi connectivity index (χ3v) is 6.12. The van der Waals surface area contributed by atoms with E-state index in [1.807, 2.05) is 19.1 Å². The highest BCUT2D eigenvalue weighted by atomic mass is 32.2. The number of aryl methyl sites for hydroxylation is 1. The van der Waals surface area contributed by atoms with Crippen LogP contribution >= 0.6 is 0 Å². The summed E-state index contributed by atoms with van der Waals surface area (Å²) in [7, 11) is -3.12. The highest BCUT2D eigenvalue weighted by molar-refractivity contribution is 7.92. The fourth-order valence-corrected chi connectivity index (χ4v) is 4.50. The van der Waals surface area contributed by atoms with Crippen molar-refractivity contribution in [2.24, 2.45) is 0 Å². The molecule has 1 aliphatic carbocycles. The van der Waals surface area contributed by atoms with Gasteiger partial charge in [0.05, 0.1) is 10.1 Å². The molecule has 2 nitrogen and oxygen atoms in total. The average molecular weight is 266 g/mol. The molecule has 0 amide bonds. The van der Waals surface area contributed by atoms with Crippen molar-refractivity contribution in [1.82, 2.24) is 0 Å². The zero-order valence-electron chi connectivity index (χ0n) is 11.1. The molecule has 0 heterocycles. The Kier molecular flexibility index (Phi) is 4.44. The zero-order chi connectivity index (χ0) is 13.0. The normalized spacial score (nSPS) is 19.2. The molecule has 0 spiro atoms. The molecule has 3 heteroatoms. The van der Waals surface area contributed by atoms with E-state index in [0.29, 0.717) is 4.90 Å². The van der Waals surface area contributed by atoms with Crippen LogP contribution in [-0.4, -0.2) is 13.7 Å². The van der Waals surface area contributed by atoms with E-state index in [-0.39, 0.29) is 5.25 Å². The van der Waals surface area contributed by atoms with E-state index in [9.17, 15) is 8.42 Å². The summed E-state index contributed by atoms with van der Waals surface area (Å²) in [6.07, 6.45) is 7.38. The lowest BCUT2D eigenvalue weighted by Crippen LogP contribution is -2.22. The Morgan fingerprint density at radius 3 is 1.94 bits per heavy atom. The molecule has 0 radical (unpaired) electrons. The number of rotatable bonds is 2. The SMILES string of the molecule is Cc1ccc(S(=O)(=O)C2CCCCCCC2)cc1. The van der Waals surface area contributed by atoms with Gasteiger partial charge in [-0.1, -0.05) is 49.8 Å². The summed E-state index contributed by atoms with van der Waals surface area (Å²) in [5, 5.41) is -0.166. The van der Waals surface area contributed by atoms with Gasteiger partial charge in [-0.3, -0.25) is 0 Å². The lowest BCUT2D eigenvalue weighted by atomic mass is 10.0. The molecule has 2 rings (SSSR count). The van der Waals surface area contributed by atoms with Crippen LogP contribution in [0.2, 0.25) is 0 Å². The fourth-order valence-electron chi connectivity index (χ4n) is 2.65. The summed E-state index contributed by atoms with van der Waals surface area (Å²) in [5.74, 6) is 0. The molecule has 1 aromatic rings. The van der Waals surface area contributed by atoms with Gasteiger partial charge < -0.3 is 0 Å². The summed E-state index contributed by atoms with van der Waals surface area (Å²) < 4.78 is 25.1. The highest BCUT2D eigenvalue weighted by Gasteiger charge is 2.27. The van der Waals surface area contributed by atoms with Crippen molar-refractivity contribution in [3.63, 3.8) is 0 Å². The van der Waals surface area contributed by atoms with Crippen LogP contribution < -0.4 is 0 Å². The second-order valence-electron chi connectivity index (χ2n) is 5.33. The molecule has 0 unspecified atom stereocenters. The fraction of sp³-hybridized carbons (Fsp3) is 0.600. The van der Waals surface area contributed by atoms with Gasteiger partial charge in [0.2, 0.25) is 0 Å². The molecule has 0 aliphatic heterocycles. The third kappa shape index (κ3) is 3.14. The van der Waals surface area contributed by atoms with Crippen LogP contribution in [0.5, 0.6) is 0 Å². The summed E-state index contributed by atoms with van der Waals surface area (Å²) in [6.45, 7) is 1.98. The molecular weight excluding hydrogens is 244 g/mol. The van der Waals surface area contributed by atoms with E-state index in [2.05, 4.69) is 0 Å². The molecule has 0 aromatic heterocycles. The van der Waals surface area contributed by atoms with Gasteiger partial charge in [0, 0.05) is 0 Å². The largest absolute Gasteiger partial charge is 0.223 e. The molecule has 0 bridgehead atoms. The molecule has 1 fully saturated rings. The Bertz CT molecular complexity index is 466. The maximum atomic E-state index is 12.6. The molecule has 1 saturated carbocycles. The van der Waals surface area contributed by atoms with Gasteiger partial charge in [-0.25, -0.2) is 8.42 Å². The predicted molar refractivity (Wildman–Crippen MR) is 74.5 cm³/mol. The minimum Gasteiger partial charge on any atom is -0.223 e. The first-order chi connectivity index (χ1) is 8.60. The summed E-state index contributed by atoms with van der Waals surface area (Å²) in [6, 6.07) is 7.28. The summed E-state index contributed by atoms with van der Waals surface area (Å²) >= 11 is 0. The van der Waals surface area contributed by atoms with Crippen molar-refractivity contribution in [2.75, 3.05) is 0 Å². The quantitative estimate of drug-likeness (QED) is 0.814. The Hall–Kier alpha value is -0.830. The Morgan fingerprint density at radius 2 is 1.39 bits per heavy atom. The molecule has 1 aliphatic rings. The number of hydrogen-bond donors (Lipinski definition) is 0. The van der Waals surface area contributed by atoms with E-state index in [0.717, 1.165) is 31.2 Å². The van der Waals surface area contributed by atoms with Crippen molar-refractivity contribution in [2.45, 2.75) is 62.0 Å². The minimum atomic E-state index is -3.12. The molecule has 0 atom stereocenters. The Labute approximate surface area is 110 Å². The molecular formula is C15H22O2S. The Morgan fingerprint density at radius 1 is 0.889 bits per heavy atom. The number of benzene rings is 1. The lowest BCUT2D eigenvalue weighted by molar-refractivity contribution is 0.487. The monoisotopic (exact) mass is 266 g/mol. The van der Waals surface area contributed by atoms with Crippen LogP contribution in [0.3, 0.4) is 0 Å². The first kappa shape index (κ1) is 13.6. The van der Waals surface area contributed by atoms with E-state index in [1.54, 1.807) is 12.1 Å². The molecule has 0 saturated heterocycles. The third-order valence-electron chi connectivity index (χ3n) is 3.84. The molecule has 100 valence electrons. The van der Waals surface area contributed by atoms with Crippen LogP contribution in [0.1, 0.15) is 50.5 Å². The van der Waals surface area contributed by atoms with E-state index in [4.69, 9.17) is 0 Å². The van der Waals surface area contributed by atoms with Crippen molar-refractivity contribution >= 4 is 9.84 Å². The smallest absolute Gasteiger partial charge is 0.181 e. The second-order valence-corrected chi connectivity index (χ2v) is 7.55. The van der Waals surface area contributed by atoms with Gasteiger partial charge in [-0.15, -0.1) is 0 Å². The van der Waals surface area contributed by atoms with Crippen LogP contribution in [0.15, 0.2) is 29.2 Å². The van der Waals surface area contributed by atoms with E-state index in [1.165, 1.54) is 19.3 Å². The summed E-state index contributed by atoms with van der Waals surface area (Å²) in [4.78, 5) is 0.499. The average Bonchev–Trinajstić information content (AvgIpc) is 2.28. The van der Waals surface area contributed by atoms with E-state index >= 15 is 0 Å². The summed E-state index contributed by atoms with van der Waals surface area (Å²) in [5.41, 5.74) is 1.10. The van der Waals surface area contributed by atoms with Crippen molar-refractivity contribution in [1.29, 1.82) is 0 Å². The highest BCUT2D eigenvalue weighted by Crippen LogP contribution is 2.27. The number of sulfone groups is 1. The Balaban J connectivity index is 2.20. The standard InChI is InChI=1S/C15H22O2S/c1-13-9-11-15(12-10-13)18(16,17)14-7-5-3-2-4-6-8-14/h9-12,14H,2-8H2,1H3. The first-order valence-electron chi connectivity index (χ1n) is 6.91. The van der Waals surface area contributed by atoms with Gasteiger partial charge in [0.1, 0.15) is 0 Å². The zero-order valence-corrected chi connectivity index (χ0v) is 11.9. The van der Waals surface area contributed by atoms with Crippen molar-refractivity contribution < 1.29 is 8.42 Å². The van der Waals surface area contributed by atoms with Gasteiger partial charge in [0.15, 0.2) is 9.84 Å². The van der Waals surface area contributed by atoms with Crippen molar-refractivity contribution in [3.8, 4) is 0 Å². The van der Waals surface area contributed by atoms with Crippen molar-refractivity contribution in [3.05, 3.63) is 29.8 Å². The second kappa shape index (κ2) is 5.87. The topological polar surface area (TPSA) is 34.1 Å². The van der Waals surface area contributed by atoms with E-state index < -0.39 is 9.84 Å². The van der Waals surface area contributed by atoms with Crippen LogP contribution in [0.4, 0.5) is 0 Å². The van der Waals surface area contributed by atoms with Gasteiger partial charge in [-0.05, 0) is 31.9 Å². The molecule has 18 heavy (non-hydrogen) atoms. The van der Waals surface area contributed by atoms with Crippen LogP contribution in [0.25, 0.3) is 0 Å². The maximum Gasteiger partial charge on any atom is 0.181 e. The van der Waals surface area contributed by atoms with Gasteiger partial charge in [-0.2, -0.15) is 0 Å². The first-order valence-corrected chi connectivity index (χ1v) is 8.46. The van der Waals surface area contributed by atoms with Gasteiger partial charge >= 0.3 is 0 Å². The van der Waals surface area contributed by atoms with Crippen LogP contribution in [-0.2, 0) is 9.84 Å². The predicted octanol–water partition coefficient (Wildman–Crippen LogP) is 3.88. The van der Waals surface area contributed by atoms with Crippen LogP contribution in [0, 0.1) is 6.92 Å².